The van der Waals surface area contributed by atoms with Gasteiger partial charge in [0.1, 0.15) is 11.4 Å². The van der Waals surface area contributed by atoms with Gasteiger partial charge >= 0.3 is 0 Å². The summed E-state index contributed by atoms with van der Waals surface area (Å²) in [6, 6.07) is 18.6. The highest BCUT2D eigenvalue weighted by molar-refractivity contribution is 5.98. The van der Waals surface area contributed by atoms with Crippen molar-refractivity contribution in [2.24, 2.45) is 0 Å². The van der Waals surface area contributed by atoms with E-state index in [4.69, 9.17) is 0 Å². The summed E-state index contributed by atoms with van der Waals surface area (Å²) >= 11 is 0. The quantitative estimate of drug-likeness (QED) is 0.386. The van der Waals surface area contributed by atoms with E-state index >= 15 is 0 Å². The molecule has 2 aromatic carbocycles. The first-order chi connectivity index (χ1) is 16.2. The Labute approximate surface area is 191 Å². The van der Waals surface area contributed by atoms with Crippen molar-refractivity contribution in [3.05, 3.63) is 78.8 Å². The van der Waals surface area contributed by atoms with Gasteiger partial charge < -0.3 is 15.4 Å². The van der Waals surface area contributed by atoms with Gasteiger partial charge in [-0.05, 0) is 41.0 Å². The molecule has 0 amide bonds. The van der Waals surface area contributed by atoms with E-state index in [1.54, 1.807) is 12.3 Å². The second-order valence-corrected chi connectivity index (χ2v) is 8.61. The summed E-state index contributed by atoms with van der Waals surface area (Å²) in [5.41, 5.74) is 7.27. The van der Waals surface area contributed by atoms with Crippen LogP contribution >= 0.6 is 0 Å². The first-order valence-corrected chi connectivity index (χ1v) is 11.3. The lowest BCUT2D eigenvalue weighted by atomic mass is 10.00. The molecule has 0 atom stereocenters. The largest absolute Gasteiger partial charge is 0.507 e. The van der Waals surface area contributed by atoms with Crippen molar-refractivity contribution in [3.63, 3.8) is 0 Å². The third kappa shape index (κ3) is 3.84. The molecule has 0 spiro atoms. The Bertz CT molecular complexity index is 1430. The van der Waals surface area contributed by atoms with Crippen LogP contribution in [0.25, 0.3) is 44.2 Å². The van der Waals surface area contributed by atoms with Crippen molar-refractivity contribution < 1.29 is 5.11 Å². The number of fused-ring (bicyclic) bond motifs is 2. The lowest BCUT2D eigenvalue weighted by Crippen LogP contribution is -2.42. The smallest absolute Gasteiger partial charge is 0.137 e. The average Bonchev–Trinajstić information content (AvgIpc) is 3.29. The Hall–Kier alpha value is -3.74. The Morgan fingerprint density at radius 1 is 0.848 bits per heavy atom. The fourth-order valence-electron chi connectivity index (χ4n) is 4.63. The van der Waals surface area contributed by atoms with Gasteiger partial charge in [0.05, 0.1) is 5.52 Å². The SMILES string of the molecule is Oc1ccnc2ccc(-c3c[nH]c4ncc(-c5ccc(CN6CCNCC6)cc5)cc34)cc12. The molecule has 0 aliphatic carbocycles. The normalized spacial score (nSPS) is 14.8. The predicted molar refractivity (Wildman–Crippen MR) is 132 cm³/mol. The van der Waals surface area contributed by atoms with Crippen LogP contribution in [0, 0.1) is 0 Å². The van der Waals surface area contributed by atoms with Gasteiger partial charge in [0.2, 0.25) is 0 Å². The van der Waals surface area contributed by atoms with Gasteiger partial charge in [-0.3, -0.25) is 9.88 Å². The van der Waals surface area contributed by atoms with E-state index in [-0.39, 0.29) is 5.75 Å². The molecule has 1 aliphatic heterocycles. The molecular formula is C27H25N5O. The molecule has 0 saturated carbocycles. The second kappa shape index (κ2) is 8.31. The first-order valence-electron chi connectivity index (χ1n) is 11.3. The van der Waals surface area contributed by atoms with Gasteiger partial charge in [-0.2, -0.15) is 0 Å². The van der Waals surface area contributed by atoms with E-state index in [9.17, 15) is 5.11 Å². The number of hydrogen-bond acceptors (Lipinski definition) is 5. The Morgan fingerprint density at radius 2 is 1.64 bits per heavy atom. The lowest BCUT2D eigenvalue weighted by molar-refractivity contribution is 0.233. The molecule has 6 nitrogen and oxygen atoms in total. The third-order valence-electron chi connectivity index (χ3n) is 6.46. The molecule has 6 heteroatoms. The molecule has 5 aromatic rings. The first kappa shape index (κ1) is 19.9. The highest BCUT2D eigenvalue weighted by Gasteiger charge is 2.12. The van der Waals surface area contributed by atoms with Crippen LogP contribution in [0.2, 0.25) is 0 Å². The summed E-state index contributed by atoms with van der Waals surface area (Å²) in [6.07, 6.45) is 5.52. The summed E-state index contributed by atoms with van der Waals surface area (Å²) in [5, 5.41) is 15.5. The molecule has 1 aliphatic rings. The summed E-state index contributed by atoms with van der Waals surface area (Å²) < 4.78 is 0. The maximum Gasteiger partial charge on any atom is 0.137 e. The Kier molecular flexibility index (Phi) is 5.02. The lowest BCUT2D eigenvalue weighted by Gasteiger charge is -2.27. The fourth-order valence-corrected chi connectivity index (χ4v) is 4.63. The van der Waals surface area contributed by atoms with E-state index < -0.39 is 0 Å². The van der Waals surface area contributed by atoms with Crippen LogP contribution in [0.15, 0.2) is 73.2 Å². The molecule has 0 radical (unpaired) electrons. The zero-order valence-corrected chi connectivity index (χ0v) is 18.3. The molecule has 6 rings (SSSR count). The zero-order valence-electron chi connectivity index (χ0n) is 18.3. The fraction of sp³-hybridized carbons (Fsp3) is 0.185. The minimum Gasteiger partial charge on any atom is -0.507 e. The standard InChI is InChI=1S/C27H25N5O/c33-26-7-8-29-25-6-5-20(13-23(25)26)24-16-31-27-22(24)14-21(15-30-27)19-3-1-18(2-4-19)17-32-11-9-28-10-12-32/h1-8,13-16,28H,9-12,17H2,(H,29,33)(H,30,31). The monoisotopic (exact) mass is 435 g/mol. The number of piperazine rings is 1. The molecule has 3 N–H and O–H groups in total. The van der Waals surface area contributed by atoms with Crippen LogP contribution in [-0.4, -0.2) is 51.1 Å². The van der Waals surface area contributed by atoms with E-state index in [1.165, 1.54) is 5.56 Å². The van der Waals surface area contributed by atoms with E-state index in [0.29, 0.717) is 0 Å². The molecule has 4 heterocycles. The van der Waals surface area contributed by atoms with Gasteiger partial charge in [-0.25, -0.2) is 4.98 Å². The number of pyridine rings is 2. The van der Waals surface area contributed by atoms with Gasteiger partial charge in [0, 0.05) is 73.2 Å². The third-order valence-corrected chi connectivity index (χ3v) is 6.46. The maximum absolute atomic E-state index is 10.3. The number of nitrogens with zero attached hydrogens (tertiary/aromatic N) is 3. The zero-order chi connectivity index (χ0) is 22.2. The second-order valence-electron chi connectivity index (χ2n) is 8.61. The molecule has 3 aromatic heterocycles. The van der Waals surface area contributed by atoms with E-state index in [2.05, 4.69) is 55.5 Å². The van der Waals surface area contributed by atoms with Crippen molar-refractivity contribution in [2.75, 3.05) is 26.2 Å². The molecule has 0 unspecified atom stereocenters. The Balaban J connectivity index is 1.33. The highest BCUT2D eigenvalue weighted by atomic mass is 16.3. The van der Waals surface area contributed by atoms with Crippen LogP contribution < -0.4 is 5.32 Å². The van der Waals surface area contributed by atoms with E-state index in [0.717, 1.165) is 76.9 Å². The van der Waals surface area contributed by atoms with Crippen LogP contribution in [0.3, 0.4) is 0 Å². The van der Waals surface area contributed by atoms with Crippen LogP contribution in [0.4, 0.5) is 0 Å². The molecule has 33 heavy (non-hydrogen) atoms. The minimum absolute atomic E-state index is 0.237. The Morgan fingerprint density at radius 3 is 2.48 bits per heavy atom. The predicted octanol–water partition coefficient (Wildman–Crippen LogP) is 4.56. The highest BCUT2D eigenvalue weighted by Crippen LogP contribution is 2.34. The molecule has 0 bridgehead atoms. The molecule has 164 valence electrons. The average molecular weight is 436 g/mol. The number of nitrogens with one attached hydrogen (secondary N) is 2. The number of rotatable bonds is 4. The van der Waals surface area contributed by atoms with Crippen molar-refractivity contribution in [3.8, 4) is 28.0 Å². The van der Waals surface area contributed by atoms with Crippen LogP contribution in [0.5, 0.6) is 5.75 Å². The molecule has 1 fully saturated rings. The summed E-state index contributed by atoms with van der Waals surface area (Å²) in [7, 11) is 0. The van der Waals surface area contributed by atoms with Crippen molar-refractivity contribution >= 4 is 21.9 Å². The summed E-state index contributed by atoms with van der Waals surface area (Å²) in [4.78, 5) is 14.8. The van der Waals surface area contributed by atoms with E-state index in [1.807, 2.05) is 30.6 Å². The molecule has 1 saturated heterocycles. The van der Waals surface area contributed by atoms with Gasteiger partial charge in [-0.1, -0.05) is 30.3 Å². The van der Waals surface area contributed by atoms with Gasteiger partial charge in [0.15, 0.2) is 0 Å². The number of aromatic nitrogens is 3. The van der Waals surface area contributed by atoms with Crippen molar-refractivity contribution in [2.45, 2.75) is 6.54 Å². The molecular weight excluding hydrogens is 410 g/mol. The van der Waals surface area contributed by atoms with Crippen LogP contribution in [-0.2, 0) is 6.54 Å². The number of aromatic hydroxyl groups is 1. The minimum atomic E-state index is 0.237. The van der Waals surface area contributed by atoms with Crippen molar-refractivity contribution in [1.29, 1.82) is 0 Å². The number of H-pyrrole nitrogens is 1. The summed E-state index contributed by atoms with van der Waals surface area (Å²) in [6.45, 7) is 5.32. The summed E-state index contributed by atoms with van der Waals surface area (Å²) in [5.74, 6) is 0.237. The van der Waals surface area contributed by atoms with Crippen LogP contribution in [0.1, 0.15) is 5.56 Å². The van der Waals surface area contributed by atoms with Gasteiger partial charge in [0.25, 0.3) is 0 Å². The number of benzene rings is 2. The topological polar surface area (TPSA) is 77.1 Å². The van der Waals surface area contributed by atoms with Gasteiger partial charge in [-0.15, -0.1) is 0 Å². The number of hydrogen-bond donors (Lipinski definition) is 3. The maximum atomic E-state index is 10.3. The number of aromatic amines is 1. The van der Waals surface area contributed by atoms with Crippen molar-refractivity contribution in [1.82, 2.24) is 25.2 Å².